The molecule has 1 fully saturated rings. The summed E-state index contributed by atoms with van der Waals surface area (Å²) >= 11 is 0. The third-order valence-corrected chi connectivity index (χ3v) is 4.15. The van der Waals surface area contributed by atoms with Crippen LogP contribution in [0, 0.1) is 5.41 Å². The van der Waals surface area contributed by atoms with Crippen molar-refractivity contribution in [2.75, 3.05) is 31.6 Å². The van der Waals surface area contributed by atoms with E-state index in [9.17, 15) is 14.7 Å². The van der Waals surface area contributed by atoms with Crippen molar-refractivity contribution in [1.82, 2.24) is 15.2 Å². The Balaban J connectivity index is 2.14. The van der Waals surface area contributed by atoms with Gasteiger partial charge in [0.05, 0.1) is 17.9 Å². The van der Waals surface area contributed by atoms with Gasteiger partial charge >= 0.3 is 6.09 Å². The molecule has 24 heavy (non-hydrogen) atoms. The predicted molar refractivity (Wildman–Crippen MR) is 92.4 cm³/mol. The van der Waals surface area contributed by atoms with E-state index < -0.39 is 6.09 Å². The Morgan fingerprint density at radius 1 is 1.33 bits per heavy atom. The van der Waals surface area contributed by atoms with Crippen LogP contribution in [0.3, 0.4) is 0 Å². The van der Waals surface area contributed by atoms with E-state index >= 15 is 0 Å². The lowest BCUT2D eigenvalue weighted by atomic mass is 9.86. The molecular weight excluding hydrogens is 308 g/mol. The number of pyridine rings is 1. The zero-order valence-electron chi connectivity index (χ0n) is 14.7. The molecule has 0 bridgehead atoms. The number of hydrogen-bond acceptors (Lipinski definition) is 4. The molecule has 0 aliphatic carbocycles. The number of carboxylic acid groups (broad SMARTS) is 1. The van der Waals surface area contributed by atoms with Gasteiger partial charge in [-0.05, 0) is 24.0 Å². The summed E-state index contributed by atoms with van der Waals surface area (Å²) in [5, 5.41) is 12.0. The first-order chi connectivity index (χ1) is 11.2. The molecule has 132 valence electrons. The highest BCUT2D eigenvalue weighted by Gasteiger charge is 2.33. The fraction of sp³-hybridized carbons (Fsp3) is 0.588. The van der Waals surface area contributed by atoms with Crippen LogP contribution in [-0.4, -0.2) is 59.7 Å². The van der Waals surface area contributed by atoms with E-state index in [2.05, 4.69) is 36.0 Å². The number of nitrogens with zero attached hydrogens (tertiary/aromatic N) is 3. The average molecular weight is 334 g/mol. The summed E-state index contributed by atoms with van der Waals surface area (Å²) in [6.45, 7) is 8.06. The van der Waals surface area contributed by atoms with Crippen LogP contribution in [0.5, 0.6) is 0 Å². The van der Waals surface area contributed by atoms with Crippen LogP contribution in [0.4, 0.5) is 10.5 Å². The first-order valence-corrected chi connectivity index (χ1v) is 8.14. The third-order valence-electron chi connectivity index (χ3n) is 4.15. The molecule has 1 atom stereocenters. The average Bonchev–Trinajstić information content (AvgIpc) is 2.52. The van der Waals surface area contributed by atoms with Crippen molar-refractivity contribution < 1.29 is 14.7 Å². The maximum absolute atomic E-state index is 11.6. The number of rotatable bonds is 3. The normalized spacial score (nSPS) is 18.4. The highest BCUT2D eigenvalue weighted by molar-refractivity contribution is 5.92. The highest BCUT2D eigenvalue weighted by Crippen LogP contribution is 2.28. The van der Waals surface area contributed by atoms with Crippen LogP contribution in [0.15, 0.2) is 18.3 Å². The first kappa shape index (κ1) is 18.0. The van der Waals surface area contributed by atoms with Gasteiger partial charge in [-0.15, -0.1) is 0 Å². The molecule has 2 amide bonds. The summed E-state index contributed by atoms with van der Waals surface area (Å²) in [6, 6.07) is 3.49. The van der Waals surface area contributed by atoms with Crippen LogP contribution in [0.2, 0.25) is 0 Å². The fourth-order valence-corrected chi connectivity index (χ4v) is 3.06. The van der Waals surface area contributed by atoms with Crippen molar-refractivity contribution in [2.45, 2.75) is 33.2 Å². The lowest BCUT2D eigenvalue weighted by Gasteiger charge is -2.43. The van der Waals surface area contributed by atoms with E-state index in [1.807, 2.05) is 6.07 Å². The summed E-state index contributed by atoms with van der Waals surface area (Å²) in [4.78, 5) is 30.9. The molecule has 0 spiro atoms. The van der Waals surface area contributed by atoms with Crippen molar-refractivity contribution in [2.24, 2.45) is 5.41 Å². The van der Waals surface area contributed by atoms with E-state index in [-0.39, 0.29) is 17.4 Å². The van der Waals surface area contributed by atoms with Crippen LogP contribution in [0.25, 0.3) is 0 Å². The maximum Gasteiger partial charge on any atom is 0.407 e. The second-order valence-corrected chi connectivity index (χ2v) is 7.32. The third kappa shape index (κ3) is 4.37. The number of amides is 2. The number of carbonyl (C=O) groups is 2. The fourth-order valence-electron chi connectivity index (χ4n) is 3.06. The van der Waals surface area contributed by atoms with Crippen molar-refractivity contribution in [3.63, 3.8) is 0 Å². The molecule has 2 rings (SSSR count). The van der Waals surface area contributed by atoms with Gasteiger partial charge in [-0.25, -0.2) is 9.78 Å². The number of carbonyl (C=O) groups excluding carboxylic acids is 1. The Kier molecular flexibility index (Phi) is 5.31. The van der Waals surface area contributed by atoms with E-state index in [1.165, 1.54) is 4.90 Å². The zero-order valence-corrected chi connectivity index (χ0v) is 14.7. The van der Waals surface area contributed by atoms with E-state index in [4.69, 9.17) is 0 Å². The number of aromatic nitrogens is 1. The Morgan fingerprint density at radius 3 is 2.54 bits per heavy atom. The van der Waals surface area contributed by atoms with Crippen LogP contribution in [-0.2, 0) is 0 Å². The summed E-state index contributed by atoms with van der Waals surface area (Å²) in [6.07, 6.45) is 1.60. The van der Waals surface area contributed by atoms with Gasteiger partial charge in [0, 0.05) is 26.7 Å². The van der Waals surface area contributed by atoms with E-state index in [0.717, 1.165) is 12.1 Å². The molecule has 1 aromatic rings. The lowest BCUT2D eigenvalue weighted by molar-refractivity contribution is 0.0956. The Hall–Kier alpha value is -2.31. The molecule has 1 unspecified atom stereocenters. The molecule has 1 aromatic heterocycles. The molecule has 0 aromatic carbocycles. The molecule has 1 aliphatic heterocycles. The number of anilines is 1. The van der Waals surface area contributed by atoms with Gasteiger partial charge < -0.3 is 20.2 Å². The van der Waals surface area contributed by atoms with Gasteiger partial charge in [-0.3, -0.25) is 4.79 Å². The summed E-state index contributed by atoms with van der Waals surface area (Å²) in [5.74, 6) is -0.220. The molecule has 2 N–H and O–H groups in total. The topological polar surface area (TPSA) is 85.8 Å². The smallest absolute Gasteiger partial charge is 0.407 e. The summed E-state index contributed by atoms with van der Waals surface area (Å²) in [7, 11) is 1.57. The van der Waals surface area contributed by atoms with Crippen molar-refractivity contribution in [3.05, 3.63) is 24.0 Å². The molecular formula is C17H26N4O3. The molecule has 0 radical (unpaired) electrons. The molecule has 7 heteroatoms. The Labute approximate surface area is 142 Å². The standard InChI is InChI=1S/C17H26N4O3/c1-17(2,3)9-13-11-20(7-8-21(13)16(23)24)12-5-6-14(19-10-12)15(22)18-4/h5-6,10,13H,7-9,11H2,1-4H3,(H,18,22)(H,23,24). The minimum atomic E-state index is -0.864. The zero-order chi connectivity index (χ0) is 17.9. The predicted octanol–water partition coefficient (Wildman–Crippen LogP) is 2.05. The first-order valence-electron chi connectivity index (χ1n) is 8.14. The van der Waals surface area contributed by atoms with Crippen molar-refractivity contribution in [3.8, 4) is 0 Å². The molecule has 1 aliphatic rings. The Morgan fingerprint density at radius 2 is 2.04 bits per heavy atom. The van der Waals surface area contributed by atoms with Gasteiger partial charge in [-0.1, -0.05) is 20.8 Å². The van der Waals surface area contributed by atoms with Crippen LogP contribution in [0.1, 0.15) is 37.7 Å². The van der Waals surface area contributed by atoms with E-state index in [0.29, 0.717) is 25.3 Å². The Bertz CT molecular complexity index is 595. The van der Waals surface area contributed by atoms with Gasteiger partial charge in [-0.2, -0.15) is 0 Å². The maximum atomic E-state index is 11.6. The van der Waals surface area contributed by atoms with Crippen molar-refractivity contribution in [1.29, 1.82) is 0 Å². The number of piperazine rings is 1. The van der Waals surface area contributed by atoms with Gasteiger partial charge in [0.2, 0.25) is 0 Å². The highest BCUT2D eigenvalue weighted by atomic mass is 16.4. The quantitative estimate of drug-likeness (QED) is 0.883. The minimum absolute atomic E-state index is 0.0443. The number of nitrogens with one attached hydrogen (secondary N) is 1. The lowest BCUT2D eigenvalue weighted by Crippen LogP contribution is -2.56. The van der Waals surface area contributed by atoms with Crippen LogP contribution < -0.4 is 10.2 Å². The second-order valence-electron chi connectivity index (χ2n) is 7.32. The van der Waals surface area contributed by atoms with Gasteiger partial charge in [0.1, 0.15) is 5.69 Å². The summed E-state index contributed by atoms with van der Waals surface area (Å²) in [5.41, 5.74) is 1.33. The minimum Gasteiger partial charge on any atom is -0.465 e. The van der Waals surface area contributed by atoms with E-state index in [1.54, 1.807) is 19.3 Å². The molecule has 0 saturated carbocycles. The van der Waals surface area contributed by atoms with Crippen molar-refractivity contribution >= 4 is 17.7 Å². The molecule has 1 saturated heterocycles. The molecule has 2 heterocycles. The number of hydrogen-bond donors (Lipinski definition) is 2. The molecule has 7 nitrogen and oxygen atoms in total. The van der Waals surface area contributed by atoms with Gasteiger partial charge in [0.25, 0.3) is 5.91 Å². The largest absolute Gasteiger partial charge is 0.465 e. The summed E-state index contributed by atoms with van der Waals surface area (Å²) < 4.78 is 0. The second kappa shape index (κ2) is 7.07. The SMILES string of the molecule is CNC(=O)c1ccc(N2CCN(C(=O)O)C(CC(C)(C)C)C2)cn1. The van der Waals surface area contributed by atoms with Crippen LogP contribution >= 0.6 is 0 Å². The monoisotopic (exact) mass is 334 g/mol. The van der Waals surface area contributed by atoms with Gasteiger partial charge in [0.15, 0.2) is 0 Å².